The lowest BCUT2D eigenvalue weighted by molar-refractivity contribution is -0.870. The van der Waals surface area contributed by atoms with Crippen LogP contribution in [0, 0.1) is 0 Å². The summed E-state index contributed by atoms with van der Waals surface area (Å²) in [6, 6.07) is 0. The van der Waals surface area contributed by atoms with E-state index in [0.717, 1.165) is 44.9 Å². The highest BCUT2D eigenvalue weighted by atomic mass is 31.2. The van der Waals surface area contributed by atoms with Crippen LogP contribution in [-0.2, 0) is 32.7 Å². The maximum Gasteiger partial charge on any atom is 0.472 e. The number of nitrogens with zero attached hydrogens (tertiary/aromatic N) is 1. The molecule has 0 aliphatic carbocycles. The zero-order valence-electron chi connectivity index (χ0n) is 53.6. The van der Waals surface area contributed by atoms with E-state index in [4.69, 9.17) is 18.5 Å². The van der Waals surface area contributed by atoms with Gasteiger partial charge in [-0.05, 0) is 77.0 Å². The van der Waals surface area contributed by atoms with Gasteiger partial charge in [0.2, 0.25) is 0 Å². The van der Waals surface area contributed by atoms with Gasteiger partial charge in [-0.3, -0.25) is 18.6 Å². The van der Waals surface area contributed by atoms with E-state index in [1.165, 1.54) is 257 Å². The molecule has 0 saturated heterocycles. The van der Waals surface area contributed by atoms with Crippen molar-refractivity contribution in [2.24, 2.45) is 0 Å². The molecule has 0 bridgehead atoms. The van der Waals surface area contributed by atoms with Gasteiger partial charge in [-0.1, -0.05) is 294 Å². The van der Waals surface area contributed by atoms with Crippen LogP contribution in [0.15, 0.2) is 48.6 Å². The van der Waals surface area contributed by atoms with Crippen molar-refractivity contribution < 1.29 is 42.1 Å². The first kappa shape index (κ1) is 78.0. The van der Waals surface area contributed by atoms with Gasteiger partial charge in [0, 0.05) is 12.8 Å². The van der Waals surface area contributed by atoms with Crippen molar-refractivity contribution >= 4 is 19.8 Å². The molecule has 0 amide bonds. The molecular formula is C70H133NO8P+. The molecule has 0 aromatic carbocycles. The molecule has 0 aromatic rings. The van der Waals surface area contributed by atoms with Gasteiger partial charge in [0.1, 0.15) is 19.8 Å². The monoisotopic (exact) mass is 1150 g/mol. The van der Waals surface area contributed by atoms with Gasteiger partial charge in [0.15, 0.2) is 6.10 Å². The predicted molar refractivity (Wildman–Crippen MR) is 344 cm³/mol. The Morgan fingerprint density at radius 2 is 0.675 bits per heavy atom. The van der Waals surface area contributed by atoms with Crippen LogP contribution in [0.25, 0.3) is 0 Å². The number of quaternary nitrogens is 1. The Hall–Kier alpha value is -2.03. The van der Waals surface area contributed by atoms with Crippen LogP contribution in [0.1, 0.15) is 335 Å². The molecule has 80 heavy (non-hydrogen) atoms. The SMILES string of the molecule is CCCCCCC/C=C\C/C=C\C/C=C\CCCCCCCCCCCCCCCCCCCCCCCCC(=O)OC(COC(=O)CCCCCCCCCCC/C=C\CCCCCCCC)COP(=O)(O)OCC[N+](C)(C)C. The number of likely N-dealkylation sites (N-methyl/N-ethyl adjacent to an activating group) is 1. The topological polar surface area (TPSA) is 108 Å². The summed E-state index contributed by atoms with van der Waals surface area (Å²) in [5.41, 5.74) is 0. The Morgan fingerprint density at radius 1 is 0.388 bits per heavy atom. The van der Waals surface area contributed by atoms with Crippen LogP contribution in [0.2, 0.25) is 0 Å². The Morgan fingerprint density at radius 3 is 1.01 bits per heavy atom. The lowest BCUT2D eigenvalue weighted by Gasteiger charge is -2.24. The van der Waals surface area contributed by atoms with Gasteiger partial charge in [-0.2, -0.15) is 0 Å². The first-order valence-corrected chi connectivity index (χ1v) is 35.9. The summed E-state index contributed by atoms with van der Waals surface area (Å²) in [6.07, 6.45) is 79.3. The number of allylic oxidation sites excluding steroid dienone is 8. The van der Waals surface area contributed by atoms with E-state index < -0.39 is 26.5 Å². The summed E-state index contributed by atoms with van der Waals surface area (Å²) < 4.78 is 34.7. The molecular weight excluding hydrogens is 1010 g/mol. The van der Waals surface area contributed by atoms with Crippen LogP contribution in [0.4, 0.5) is 0 Å². The van der Waals surface area contributed by atoms with E-state index in [9.17, 15) is 19.0 Å². The lowest BCUT2D eigenvalue weighted by atomic mass is 10.0. The van der Waals surface area contributed by atoms with Gasteiger partial charge >= 0.3 is 19.8 Å². The first-order chi connectivity index (χ1) is 39.0. The number of unbranched alkanes of at least 4 members (excludes halogenated alkanes) is 42. The van der Waals surface area contributed by atoms with Crippen molar-refractivity contribution in [3.05, 3.63) is 48.6 Å². The fraction of sp³-hybridized carbons (Fsp3) is 0.857. The minimum atomic E-state index is -4.39. The smallest absolute Gasteiger partial charge is 0.462 e. The Kier molecular flexibility index (Phi) is 60.0. The average molecular weight is 1150 g/mol. The molecule has 1 N–H and O–H groups in total. The third kappa shape index (κ3) is 65.1. The molecule has 0 radical (unpaired) electrons. The summed E-state index contributed by atoms with van der Waals surface area (Å²) >= 11 is 0. The average Bonchev–Trinajstić information content (AvgIpc) is 3.42. The molecule has 10 heteroatoms. The normalized spacial score (nSPS) is 13.4. The van der Waals surface area contributed by atoms with Crippen molar-refractivity contribution in [2.45, 2.75) is 341 Å². The second-order valence-electron chi connectivity index (χ2n) is 24.6. The second-order valence-corrected chi connectivity index (χ2v) is 26.0. The van der Waals surface area contributed by atoms with Crippen LogP contribution in [-0.4, -0.2) is 74.9 Å². The maximum atomic E-state index is 12.9. The molecule has 9 nitrogen and oxygen atoms in total. The van der Waals surface area contributed by atoms with Gasteiger partial charge < -0.3 is 18.9 Å². The zero-order valence-corrected chi connectivity index (χ0v) is 54.5. The molecule has 0 aliphatic rings. The standard InChI is InChI=1S/C70H132NO8P/c1-6-8-10-12-14-16-18-20-22-24-26-27-28-29-30-31-32-33-34-35-36-37-38-39-40-41-42-43-45-47-49-51-53-55-57-59-61-63-70(73)79-68(67-78-80(74,75)77-65-64-71(3,4)5)66-76-69(72)62-60-58-56-54-52-50-48-46-44-25-23-21-19-17-15-13-11-9-7-2/h18,20-21,23-24,26,28-29,68H,6-17,19,22,25,27,30-67H2,1-5H3/p+1/b20-18-,23-21-,26-24-,29-28-. The Labute approximate surface area is 496 Å². The van der Waals surface area contributed by atoms with Crippen molar-refractivity contribution in [1.29, 1.82) is 0 Å². The van der Waals surface area contributed by atoms with Gasteiger partial charge in [0.05, 0.1) is 27.7 Å². The number of phosphoric acid groups is 1. The van der Waals surface area contributed by atoms with Crippen molar-refractivity contribution in [3.8, 4) is 0 Å². The lowest BCUT2D eigenvalue weighted by Crippen LogP contribution is -2.37. The fourth-order valence-electron chi connectivity index (χ4n) is 10.0. The third-order valence-corrected chi connectivity index (χ3v) is 16.3. The van der Waals surface area contributed by atoms with Crippen molar-refractivity contribution in [3.63, 3.8) is 0 Å². The summed E-state index contributed by atoms with van der Waals surface area (Å²) in [5.74, 6) is -0.783. The number of rotatable bonds is 64. The van der Waals surface area contributed by atoms with E-state index in [2.05, 4.69) is 62.5 Å². The van der Waals surface area contributed by atoms with Gasteiger partial charge in [-0.15, -0.1) is 0 Å². The van der Waals surface area contributed by atoms with E-state index in [1.807, 2.05) is 21.1 Å². The summed E-state index contributed by atoms with van der Waals surface area (Å²) in [6.45, 7) is 4.47. The number of phosphoric ester groups is 1. The Bertz CT molecular complexity index is 1490. The molecule has 0 saturated carbocycles. The number of hydrogen-bond donors (Lipinski definition) is 1. The molecule has 470 valence electrons. The fourth-order valence-corrected chi connectivity index (χ4v) is 10.8. The molecule has 0 aliphatic heterocycles. The highest BCUT2D eigenvalue weighted by molar-refractivity contribution is 7.47. The molecule has 0 aromatic heterocycles. The summed E-state index contributed by atoms with van der Waals surface area (Å²) in [5, 5.41) is 0. The molecule has 0 rings (SSSR count). The molecule has 0 spiro atoms. The number of ether oxygens (including phenoxy) is 2. The van der Waals surface area contributed by atoms with E-state index in [-0.39, 0.29) is 32.0 Å². The van der Waals surface area contributed by atoms with Crippen LogP contribution >= 0.6 is 7.82 Å². The summed E-state index contributed by atoms with van der Waals surface area (Å²) in [4.78, 5) is 35.8. The van der Waals surface area contributed by atoms with Crippen molar-refractivity contribution in [2.75, 3.05) is 47.5 Å². The third-order valence-electron chi connectivity index (χ3n) is 15.3. The number of carbonyl (C=O) groups excluding carboxylic acids is 2. The zero-order chi connectivity index (χ0) is 58.4. The van der Waals surface area contributed by atoms with Crippen LogP contribution in [0.5, 0.6) is 0 Å². The minimum Gasteiger partial charge on any atom is -0.462 e. The molecule has 0 fully saturated rings. The molecule has 0 heterocycles. The van der Waals surface area contributed by atoms with Crippen molar-refractivity contribution in [1.82, 2.24) is 0 Å². The van der Waals surface area contributed by atoms with Gasteiger partial charge in [0.25, 0.3) is 0 Å². The van der Waals surface area contributed by atoms with E-state index in [1.54, 1.807) is 0 Å². The largest absolute Gasteiger partial charge is 0.472 e. The number of carbonyl (C=O) groups is 2. The quantitative estimate of drug-likeness (QED) is 0.0211. The molecule has 2 unspecified atom stereocenters. The van der Waals surface area contributed by atoms with E-state index >= 15 is 0 Å². The maximum absolute atomic E-state index is 12.9. The highest BCUT2D eigenvalue weighted by Gasteiger charge is 2.27. The summed E-state index contributed by atoms with van der Waals surface area (Å²) in [7, 11) is 1.49. The van der Waals surface area contributed by atoms with Crippen LogP contribution in [0.3, 0.4) is 0 Å². The van der Waals surface area contributed by atoms with E-state index in [0.29, 0.717) is 17.4 Å². The highest BCUT2D eigenvalue weighted by Crippen LogP contribution is 2.43. The number of esters is 2. The number of hydrogen-bond acceptors (Lipinski definition) is 7. The minimum absolute atomic E-state index is 0.0332. The second kappa shape index (κ2) is 61.5. The Balaban J connectivity index is 3.95. The van der Waals surface area contributed by atoms with Crippen LogP contribution < -0.4 is 0 Å². The van der Waals surface area contributed by atoms with Gasteiger partial charge in [-0.25, -0.2) is 4.57 Å². The predicted octanol–water partition coefficient (Wildman–Crippen LogP) is 22.1. The first-order valence-electron chi connectivity index (χ1n) is 34.4. The molecule has 2 atom stereocenters.